The second-order valence-electron chi connectivity index (χ2n) is 9.84. The zero-order valence-corrected chi connectivity index (χ0v) is 23.0. The summed E-state index contributed by atoms with van der Waals surface area (Å²) in [6.45, 7) is 4.58. The van der Waals surface area contributed by atoms with E-state index < -0.39 is 0 Å². The second-order valence-corrected chi connectivity index (χ2v) is 11.9. The van der Waals surface area contributed by atoms with E-state index in [1.54, 1.807) is 0 Å². The van der Waals surface area contributed by atoms with Crippen LogP contribution in [0.3, 0.4) is 0 Å². The Hall–Kier alpha value is -3.98. The van der Waals surface area contributed by atoms with Gasteiger partial charge in [0.05, 0.1) is 0 Å². The number of rotatable bonds is 4. The van der Waals surface area contributed by atoms with Crippen molar-refractivity contribution < 1.29 is 0 Å². The Morgan fingerprint density at radius 2 is 0.684 bits per heavy atom. The van der Waals surface area contributed by atoms with Crippen LogP contribution in [0.15, 0.2) is 121 Å². The van der Waals surface area contributed by atoms with Gasteiger partial charge in [-0.15, -0.1) is 22.7 Å². The molecule has 0 saturated heterocycles. The molecule has 5 aromatic carbocycles. The molecule has 0 saturated carbocycles. The maximum absolute atomic E-state index is 2.40. The summed E-state index contributed by atoms with van der Waals surface area (Å²) in [7, 11) is 0. The van der Waals surface area contributed by atoms with Crippen molar-refractivity contribution in [3.63, 3.8) is 0 Å². The molecule has 2 heteroatoms. The van der Waals surface area contributed by atoms with Crippen molar-refractivity contribution in [1.29, 1.82) is 0 Å². The molecule has 0 spiro atoms. The third-order valence-electron chi connectivity index (χ3n) is 7.51. The summed E-state index contributed by atoms with van der Waals surface area (Å²) >= 11 is 3.83. The second kappa shape index (κ2) is 9.40. The van der Waals surface area contributed by atoms with Crippen LogP contribution < -0.4 is 0 Å². The maximum atomic E-state index is 2.40. The first kappa shape index (κ1) is 23.2. The van der Waals surface area contributed by atoms with E-state index in [4.69, 9.17) is 0 Å². The van der Waals surface area contributed by atoms with Gasteiger partial charge in [0.2, 0.25) is 0 Å². The van der Waals surface area contributed by atoms with Crippen molar-refractivity contribution in [3.8, 4) is 43.1 Å². The van der Waals surface area contributed by atoms with Crippen molar-refractivity contribution >= 4 is 42.8 Å². The molecule has 0 aliphatic carbocycles. The van der Waals surface area contributed by atoms with E-state index in [0.29, 0.717) is 0 Å². The summed E-state index contributed by atoms with van der Waals surface area (Å²) in [6.07, 6.45) is 0. The molecule has 0 aliphatic rings. The van der Waals surface area contributed by atoms with Gasteiger partial charge in [-0.05, 0) is 81.3 Å². The van der Waals surface area contributed by atoms with E-state index in [1.165, 1.54) is 74.4 Å². The number of thiophene rings is 2. The van der Waals surface area contributed by atoms with Crippen LogP contribution in [0.1, 0.15) is 11.1 Å². The summed E-state index contributed by atoms with van der Waals surface area (Å²) < 4.78 is 2.81. The van der Waals surface area contributed by atoms with Gasteiger partial charge in [0.15, 0.2) is 0 Å². The highest BCUT2D eigenvalue weighted by atomic mass is 32.1. The summed E-state index contributed by atoms with van der Waals surface area (Å²) in [5.74, 6) is 0. The highest BCUT2D eigenvalue weighted by molar-refractivity contribution is 7.24. The Labute approximate surface area is 231 Å². The number of aryl methyl sites for hydroxylation is 2. The molecule has 2 heterocycles. The lowest BCUT2D eigenvalue weighted by Gasteiger charge is -2.03. The zero-order valence-electron chi connectivity index (χ0n) is 21.4. The summed E-state index contributed by atoms with van der Waals surface area (Å²) in [6, 6.07) is 44.0. The van der Waals surface area contributed by atoms with Crippen molar-refractivity contribution in [3.05, 3.63) is 132 Å². The van der Waals surface area contributed by atoms with Crippen molar-refractivity contribution in [1.82, 2.24) is 0 Å². The third-order valence-corrected chi connectivity index (χ3v) is 10.1. The molecule has 0 nitrogen and oxygen atoms in total. The monoisotopic (exact) mass is 522 g/mol. The zero-order chi connectivity index (χ0) is 25.6. The van der Waals surface area contributed by atoms with E-state index in [1.807, 2.05) is 22.7 Å². The fraction of sp³-hybridized carbons (Fsp3) is 0.0556. The Morgan fingerprint density at radius 1 is 0.368 bits per heavy atom. The molecule has 0 radical (unpaired) electrons. The highest BCUT2D eigenvalue weighted by Crippen LogP contribution is 2.45. The summed E-state index contributed by atoms with van der Waals surface area (Å²) in [5, 5.41) is 2.77. The lowest BCUT2D eigenvalue weighted by molar-refractivity contribution is 1.58. The fourth-order valence-corrected chi connectivity index (χ4v) is 7.81. The standard InChI is InChI=1S/C36H26S2/c1-23-31-21-33(29-17-13-27(14-18-29)25-9-5-3-6-10-25)38-36(31)24(2)32-22-34(37-35(23)32)30-19-15-28(16-20-30)26-11-7-4-8-12-26/h3-22H,1-2H3. The Balaban J connectivity index is 1.25. The van der Waals surface area contributed by atoms with Crippen LogP contribution in [-0.2, 0) is 0 Å². The molecule has 0 amide bonds. The molecule has 0 aliphatic heterocycles. The molecule has 7 rings (SSSR count). The van der Waals surface area contributed by atoms with Crippen LogP contribution >= 0.6 is 22.7 Å². The Bertz CT molecular complexity index is 1690. The van der Waals surface area contributed by atoms with Crippen molar-refractivity contribution in [2.45, 2.75) is 13.8 Å². The van der Waals surface area contributed by atoms with Gasteiger partial charge < -0.3 is 0 Å². The van der Waals surface area contributed by atoms with E-state index in [9.17, 15) is 0 Å². The minimum absolute atomic E-state index is 1.26. The lowest BCUT2D eigenvalue weighted by Crippen LogP contribution is -1.79. The Kier molecular flexibility index (Phi) is 5.73. The maximum Gasteiger partial charge on any atom is 0.0388 e. The highest BCUT2D eigenvalue weighted by Gasteiger charge is 2.16. The number of hydrogen-bond donors (Lipinski definition) is 0. The lowest BCUT2D eigenvalue weighted by atomic mass is 10.0. The molecule has 0 N–H and O–H groups in total. The minimum atomic E-state index is 1.26. The largest absolute Gasteiger partial charge is 0.135 e. The van der Waals surface area contributed by atoms with Gasteiger partial charge in [0.1, 0.15) is 0 Å². The molecule has 0 bridgehead atoms. The third kappa shape index (κ3) is 3.98. The molecular formula is C36H26S2. The minimum Gasteiger partial charge on any atom is -0.135 e. The molecule has 0 unspecified atom stereocenters. The van der Waals surface area contributed by atoms with Crippen molar-refractivity contribution in [2.24, 2.45) is 0 Å². The van der Waals surface area contributed by atoms with Gasteiger partial charge in [0, 0.05) is 19.2 Å². The number of hydrogen-bond acceptors (Lipinski definition) is 2. The van der Waals surface area contributed by atoms with Crippen LogP contribution in [-0.4, -0.2) is 0 Å². The van der Waals surface area contributed by atoms with Gasteiger partial charge >= 0.3 is 0 Å². The molecule has 2 aromatic heterocycles. The molecule has 182 valence electrons. The smallest absolute Gasteiger partial charge is 0.0388 e. The van der Waals surface area contributed by atoms with Gasteiger partial charge in [-0.3, -0.25) is 0 Å². The van der Waals surface area contributed by atoms with Crippen molar-refractivity contribution in [2.75, 3.05) is 0 Å². The van der Waals surface area contributed by atoms with E-state index in [-0.39, 0.29) is 0 Å². The first-order valence-corrected chi connectivity index (χ1v) is 14.6. The molecule has 0 atom stereocenters. The van der Waals surface area contributed by atoms with E-state index >= 15 is 0 Å². The van der Waals surface area contributed by atoms with Crippen LogP contribution in [0.4, 0.5) is 0 Å². The fourth-order valence-electron chi connectivity index (χ4n) is 5.34. The van der Waals surface area contributed by atoms with Gasteiger partial charge in [-0.25, -0.2) is 0 Å². The predicted molar refractivity (Wildman–Crippen MR) is 168 cm³/mol. The van der Waals surface area contributed by atoms with Crippen LogP contribution in [0.5, 0.6) is 0 Å². The summed E-state index contributed by atoms with van der Waals surface area (Å²) in [5.41, 5.74) is 10.4. The topological polar surface area (TPSA) is 0 Å². The first-order chi connectivity index (χ1) is 18.7. The van der Waals surface area contributed by atoms with E-state index in [2.05, 4.69) is 135 Å². The predicted octanol–water partition coefficient (Wildman–Crippen LogP) is 11.4. The van der Waals surface area contributed by atoms with Crippen LogP contribution in [0.25, 0.3) is 63.3 Å². The van der Waals surface area contributed by atoms with Crippen LogP contribution in [0, 0.1) is 13.8 Å². The molecule has 38 heavy (non-hydrogen) atoms. The summed E-state index contributed by atoms with van der Waals surface area (Å²) in [4.78, 5) is 2.67. The average molecular weight is 523 g/mol. The Morgan fingerprint density at radius 3 is 1.05 bits per heavy atom. The molecule has 7 aromatic rings. The number of fused-ring (bicyclic) bond motifs is 2. The number of benzene rings is 5. The van der Waals surface area contributed by atoms with Gasteiger partial charge in [-0.1, -0.05) is 109 Å². The molecule has 0 fully saturated rings. The van der Waals surface area contributed by atoms with Crippen LogP contribution in [0.2, 0.25) is 0 Å². The average Bonchev–Trinajstić information content (AvgIpc) is 3.64. The quantitative estimate of drug-likeness (QED) is 0.216. The first-order valence-electron chi connectivity index (χ1n) is 12.9. The van der Waals surface area contributed by atoms with E-state index in [0.717, 1.165) is 0 Å². The normalized spacial score (nSPS) is 11.4. The van der Waals surface area contributed by atoms with Gasteiger partial charge in [-0.2, -0.15) is 0 Å². The van der Waals surface area contributed by atoms with Gasteiger partial charge in [0.25, 0.3) is 0 Å². The SMILES string of the molecule is Cc1c2cc(-c3ccc(-c4ccccc4)cc3)sc2c(C)c2cc(-c3ccc(-c4ccccc4)cc3)sc12. The molecular weight excluding hydrogens is 497 g/mol.